The zero-order valence-corrected chi connectivity index (χ0v) is 7.58. The van der Waals surface area contributed by atoms with Crippen molar-refractivity contribution in [3.05, 3.63) is 34.4 Å². The number of allylic oxidation sites excluding steroid dienone is 3. The van der Waals surface area contributed by atoms with E-state index in [0.29, 0.717) is 6.04 Å². The van der Waals surface area contributed by atoms with Gasteiger partial charge in [0.15, 0.2) is 0 Å². The summed E-state index contributed by atoms with van der Waals surface area (Å²) in [5.41, 5.74) is 1.31. The summed E-state index contributed by atoms with van der Waals surface area (Å²) >= 11 is 3.40. The molecule has 0 N–H and O–H groups in total. The first-order chi connectivity index (χ1) is 5.36. The molecule has 1 aliphatic carbocycles. The van der Waals surface area contributed by atoms with Crippen molar-refractivity contribution in [3.8, 4) is 0 Å². The lowest BCUT2D eigenvalue weighted by Crippen LogP contribution is -2.11. The van der Waals surface area contributed by atoms with Crippen LogP contribution in [-0.2, 0) is 0 Å². The molecule has 1 nitrogen and oxygen atoms in total. The summed E-state index contributed by atoms with van der Waals surface area (Å²) in [4.78, 5) is 4.37. The fraction of sp³-hybridized carbons (Fsp3) is 0.222. The number of hydrogen-bond acceptors (Lipinski definition) is 1. The minimum atomic E-state index is 0.376. The molecule has 0 fully saturated rings. The number of fused-ring (bicyclic) bond motifs is 1. The van der Waals surface area contributed by atoms with Gasteiger partial charge in [-0.2, -0.15) is 0 Å². The Bertz CT molecular complexity index is 284. The second-order valence-corrected chi connectivity index (χ2v) is 3.57. The van der Waals surface area contributed by atoms with Gasteiger partial charge in [0.1, 0.15) is 0 Å². The summed E-state index contributed by atoms with van der Waals surface area (Å²) < 4.78 is 1.07. The first-order valence-electron chi connectivity index (χ1n) is 3.63. The Balaban J connectivity index is 2.35. The number of nitrogens with zero attached hydrogens (tertiary/aromatic N) is 1. The van der Waals surface area contributed by atoms with E-state index in [4.69, 9.17) is 0 Å². The lowest BCUT2D eigenvalue weighted by atomic mass is 9.98. The highest BCUT2D eigenvalue weighted by Gasteiger charge is 2.14. The number of dihydropyridines is 1. The third-order valence-corrected chi connectivity index (χ3v) is 2.28. The van der Waals surface area contributed by atoms with Crippen molar-refractivity contribution in [2.45, 2.75) is 12.5 Å². The molecule has 0 bridgehead atoms. The SMILES string of the molecule is BrC1=CC2=CC=CCC2N=C1. The molecule has 1 atom stereocenters. The van der Waals surface area contributed by atoms with Crippen LogP contribution in [0.1, 0.15) is 6.42 Å². The van der Waals surface area contributed by atoms with Crippen LogP contribution in [0, 0.1) is 0 Å². The predicted octanol–water partition coefficient (Wildman–Crippen LogP) is 2.60. The van der Waals surface area contributed by atoms with Crippen LogP contribution in [0.15, 0.2) is 39.4 Å². The molecule has 0 spiro atoms. The molecule has 0 saturated heterocycles. The first kappa shape index (κ1) is 7.04. The van der Waals surface area contributed by atoms with Crippen molar-refractivity contribution < 1.29 is 0 Å². The van der Waals surface area contributed by atoms with Crippen molar-refractivity contribution in [1.29, 1.82) is 0 Å². The highest BCUT2D eigenvalue weighted by atomic mass is 79.9. The van der Waals surface area contributed by atoms with E-state index in [9.17, 15) is 0 Å². The highest BCUT2D eigenvalue weighted by molar-refractivity contribution is 9.12. The van der Waals surface area contributed by atoms with Crippen LogP contribution in [0.3, 0.4) is 0 Å². The van der Waals surface area contributed by atoms with Crippen LogP contribution in [-0.4, -0.2) is 12.3 Å². The molecule has 56 valence electrons. The summed E-state index contributed by atoms with van der Waals surface area (Å²) in [7, 11) is 0. The Morgan fingerprint density at radius 3 is 3.36 bits per heavy atom. The molecule has 2 heteroatoms. The molecule has 2 aliphatic rings. The van der Waals surface area contributed by atoms with Gasteiger partial charge in [0, 0.05) is 10.7 Å². The fourth-order valence-corrected chi connectivity index (χ4v) is 1.67. The Morgan fingerprint density at radius 1 is 1.55 bits per heavy atom. The molecule has 1 aliphatic heterocycles. The molecule has 0 aromatic carbocycles. The molecule has 0 aromatic heterocycles. The van der Waals surface area contributed by atoms with E-state index in [-0.39, 0.29) is 0 Å². The summed E-state index contributed by atoms with van der Waals surface area (Å²) in [5, 5.41) is 0. The van der Waals surface area contributed by atoms with Gasteiger partial charge in [0.25, 0.3) is 0 Å². The Morgan fingerprint density at radius 2 is 2.45 bits per heavy atom. The molecular weight excluding hydrogens is 202 g/mol. The van der Waals surface area contributed by atoms with Crippen LogP contribution >= 0.6 is 15.9 Å². The number of hydrogen-bond donors (Lipinski definition) is 0. The Hall–Kier alpha value is -0.630. The maximum Gasteiger partial charge on any atom is 0.0784 e. The maximum absolute atomic E-state index is 4.37. The third kappa shape index (κ3) is 1.36. The van der Waals surface area contributed by atoms with Crippen molar-refractivity contribution >= 4 is 22.1 Å². The molecule has 11 heavy (non-hydrogen) atoms. The normalized spacial score (nSPS) is 27.5. The van der Waals surface area contributed by atoms with Gasteiger partial charge >= 0.3 is 0 Å². The number of aliphatic imine (C=N–C) groups is 1. The molecule has 0 amide bonds. The van der Waals surface area contributed by atoms with Crippen molar-refractivity contribution in [2.24, 2.45) is 4.99 Å². The summed E-state index contributed by atoms with van der Waals surface area (Å²) in [6, 6.07) is 0.376. The number of rotatable bonds is 0. The van der Waals surface area contributed by atoms with Crippen LogP contribution < -0.4 is 0 Å². The highest BCUT2D eigenvalue weighted by Crippen LogP contribution is 2.23. The van der Waals surface area contributed by atoms with E-state index in [0.717, 1.165) is 10.9 Å². The average Bonchev–Trinajstić information content (AvgIpc) is 2.04. The zero-order valence-electron chi connectivity index (χ0n) is 6.00. The average molecular weight is 210 g/mol. The van der Waals surface area contributed by atoms with E-state index in [1.54, 1.807) is 0 Å². The molecular formula is C9H8BrN. The largest absolute Gasteiger partial charge is 0.284 e. The molecule has 1 heterocycles. The molecule has 1 unspecified atom stereocenters. The summed E-state index contributed by atoms with van der Waals surface area (Å²) in [6.07, 6.45) is 11.4. The van der Waals surface area contributed by atoms with Gasteiger partial charge in [0.2, 0.25) is 0 Å². The smallest absolute Gasteiger partial charge is 0.0784 e. The van der Waals surface area contributed by atoms with Gasteiger partial charge in [-0.1, -0.05) is 18.2 Å². The van der Waals surface area contributed by atoms with E-state index < -0.39 is 0 Å². The van der Waals surface area contributed by atoms with E-state index >= 15 is 0 Å². The lowest BCUT2D eigenvalue weighted by Gasteiger charge is -2.17. The van der Waals surface area contributed by atoms with Crippen LogP contribution in [0.25, 0.3) is 0 Å². The second kappa shape index (κ2) is 2.78. The number of halogens is 1. The quantitative estimate of drug-likeness (QED) is 0.582. The first-order valence-corrected chi connectivity index (χ1v) is 4.42. The van der Waals surface area contributed by atoms with Crippen LogP contribution in [0.2, 0.25) is 0 Å². The molecule has 2 rings (SSSR count). The fourth-order valence-electron chi connectivity index (χ4n) is 1.28. The monoisotopic (exact) mass is 209 g/mol. The summed E-state index contributed by atoms with van der Waals surface area (Å²) in [6.45, 7) is 0. The topological polar surface area (TPSA) is 12.4 Å². The van der Waals surface area contributed by atoms with E-state index in [1.807, 2.05) is 6.21 Å². The van der Waals surface area contributed by atoms with Crippen LogP contribution in [0.5, 0.6) is 0 Å². The molecule has 0 saturated carbocycles. The minimum absolute atomic E-state index is 0.376. The van der Waals surface area contributed by atoms with E-state index in [2.05, 4.69) is 45.2 Å². The minimum Gasteiger partial charge on any atom is -0.284 e. The zero-order chi connectivity index (χ0) is 7.68. The van der Waals surface area contributed by atoms with Gasteiger partial charge in [-0.25, -0.2) is 0 Å². The third-order valence-electron chi connectivity index (χ3n) is 1.85. The van der Waals surface area contributed by atoms with Gasteiger partial charge in [-0.05, 0) is 34.0 Å². The maximum atomic E-state index is 4.37. The summed E-state index contributed by atoms with van der Waals surface area (Å²) in [5.74, 6) is 0. The van der Waals surface area contributed by atoms with Gasteiger partial charge in [-0.15, -0.1) is 0 Å². The van der Waals surface area contributed by atoms with Crippen molar-refractivity contribution in [3.63, 3.8) is 0 Å². The van der Waals surface area contributed by atoms with Gasteiger partial charge in [0.05, 0.1) is 6.04 Å². The molecule has 0 aromatic rings. The van der Waals surface area contributed by atoms with Gasteiger partial charge < -0.3 is 0 Å². The predicted molar refractivity (Wildman–Crippen MR) is 51.1 cm³/mol. The molecule has 0 radical (unpaired) electrons. The standard InChI is InChI=1S/C9H8BrN/c10-8-5-7-3-1-2-4-9(7)11-6-8/h1-3,5-6,9H,4H2. The lowest BCUT2D eigenvalue weighted by molar-refractivity contribution is 0.794. The van der Waals surface area contributed by atoms with Crippen molar-refractivity contribution in [1.82, 2.24) is 0 Å². The Labute approximate surface area is 74.3 Å². The second-order valence-electron chi connectivity index (χ2n) is 2.65. The van der Waals surface area contributed by atoms with Gasteiger partial charge in [-0.3, -0.25) is 4.99 Å². The van der Waals surface area contributed by atoms with Crippen LogP contribution in [0.4, 0.5) is 0 Å². The van der Waals surface area contributed by atoms with Crippen molar-refractivity contribution in [2.75, 3.05) is 0 Å². The van der Waals surface area contributed by atoms with E-state index in [1.165, 1.54) is 5.57 Å². The Kier molecular flexibility index (Phi) is 1.78.